The molecule has 0 saturated heterocycles. The van der Waals surface area contributed by atoms with Gasteiger partial charge < -0.3 is 9.47 Å². The Hall–Kier alpha value is -2.21. The Morgan fingerprint density at radius 3 is 3.06 bits per heavy atom. The molecule has 0 fully saturated rings. The molecule has 94 valence electrons. The van der Waals surface area contributed by atoms with Gasteiger partial charge in [0.2, 0.25) is 0 Å². The Bertz CT molecular complexity index is 621. The highest BCUT2D eigenvalue weighted by Crippen LogP contribution is 2.00. The maximum absolute atomic E-state index is 11.7. The van der Waals surface area contributed by atoms with E-state index in [9.17, 15) is 9.59 Å². The second kappa shape index (κ2) is 5.42. The highest BCUT2D eigenvalue weighted by atomic mass is 16.6. The molecule has 0 unspecified atom stereocenters. The van der Waals surface area contributed by atoms with Gasteiger partial charge in [-0.25, -0.2) is 9.78 Å². The predicted octanol–water partition coefficient (Wildman–Crippen LogP) is 0.384. The minimum absolute atomic E-state index is 0.0389. The Balaban J connectivity index is 2.20. The van der Waals surface area contributed by atoms with Crippen LogP contribution in [0.4, 0.5) is 0 Å². The summed E-state index contributed by atoms with van der Waals surface area (Å²) in [6.07, 6.45) is 1.63. The molecule has 0 spiro atoms. The van der Waals surface area contributed by atoms with Crippen LogP contribution in [0.15, 0.2) is 35.3 Å². The number of carbonyl (C=O) groups excluding carboxylic acids is 1. The van der Waals surface area contributed by atoms with Gasteiger partial charge in [0.1, 0.15) is 18.9 Å². The minimum Gasteiger partial charge on any atom is -0.457 e. The summed E-state index contributed by atoms with van der Waals surface area (Å²) in [5, 5.41) is 0. The van der Waals surface area contributed by atoms with Crippen LogP contribution in [0.1, 0.15) is 5.69 Å². The van der Waals surface area contributed by atoms with Gasteiger partial charge >= 0.3 is 5.97 Å². The minimum atomic E-state index is -0.493. The summed E-state index contributed by atoms with van der Waals surface area (Å²) in [6.45, 7) is -0.157. The maximum Gasteiger partial charge on any atom is 0.332 e. The third kappa shape index (κ3) is 2.72. The first-order valence-corrected chi connectivity index (χ1v) is 5.32. The number of methoxy groups -OCH3 is 1. The average Bonchev–Trinajstić information content (AvgIpc) is 2.37. The van der Waals surface area contributed by atoms with E-state index in [0.29, 0.717) is 11.3 Å². The molecular weight excluding hydrogens is 236 g/mol. The fraction of sp³-hybridized carbons (Fsp3) is 0.250. The average molecular weight is 248 g/mol. The topological polar surface area (TPSA) is 69.9 Å². The predicted molar refractivity (Wildman–Crippen MR) is 63.1 cm³/mol. The molecule has 0 aromatic carbocycles. The standard InChI is InChI=1S/C12H12N2O4/c1-17-8-12(16)18-7-9-6-11(15)14-5-3-2-4-10(14)13-9/h2-6H,7-8H2,1H3. The van der Waals surface area contributed by atoms with Crippen LogP contribution in [0.25, 0.3) is 5.65 Å². The van der Waals surface area contributed by atoms with Crippen molar-refractivity contribution in [3.05, 3.63) is 46.5 Å². The van der Waals surface area contributed by atoms with Crippen LogP contribution < -0.4 is 5.56 Å². The summed E-state index contributed by atoms with van der Waals surface area (Å²) in [4.78, 5) is 27.0. The second-order valence-electron chi connectivity index (χ2n) is 3.61. The highest BCUT2D eigenvalue weighted by molar-refractivity contribution is 5.70. The molecule has 0 aliphatic carbocycles. The lowest BCUT2D eigenvalue weighted by Crippen LogP contribution is -2.17. The first-order valence-electron chi connectivity index (χ1n) is 5.32. The Morgan fingerprint density at radius 2 is 2.28 bits per heavy atom. The molecule has 2 aromatic rings. The molecule has 0 aliphatic rings. The zero-order valence-corrected chi connectivity index (χ0v) is 9.83. The van der Waals surface area contributed by atoms with Crippen LogP contribution in [0.5, 0.6) is 0 Å². The van der Waals surface area contributed by atoms with E-state index in [-0.39, 0.29) is 18.8 Å². The van der Waals surface area contributed by atoms with Crippen molar-refractivity contribution in [2.45, 2.75) is 6.61 Å². The van der Waals surface area contributed by atoms with Crippen LogP contribution in [0.2, 0.25) is 0 Å². The monoisotopic (exact) mass is 248 g/mol. The lowest BCUT2D eigenvalue weighted by Gasteiger charge is -2.05. The van der Waals surface area contributed by atoms with E-state index in [0.717, 1.165) is 0 Å². The van der Waals surface area contributed by atoms with E-state index in [1.54, 1.807) is 24.4 Å². The van der Waals surface area contributed by atoms with Gasteiger partial charge in [-0.15, -0.1) is 0 Å². The lowest BCUT2D eigenvalue weighted by atomic mass is 10.4. The number of hydrogen-bond donors (Lipinski definition) is 0. The molecule has 0 aliphatic heterocycles. The highest BCUT2D eigenvalue weighted by Gasteiger charge is 2.05. The molecule has 2 heterocycles. The number of pyridine rings is 1. The molecule has 0 N–H and O–H groups in total. The molecule has 2 rings (SSSR count). The lowest BCUT2D eigenvalue weighted by molar-refractivity contribution is -0.149. The van der Waals surface area contributed by atoms with Gasteiger partial charge in [-0.05, 0) is 12.1 Å². The molecule has 0 bridgehead atoms. The van der Waals surface area contributed by atoms with Gasteiger partial charge in [0.05, 0.1) is 5.69 Å². The van der Waals surface area contributed by atoms with E-state index in [1.165, 1.54) is 17.6 Å². The van der Waals surface area contributed by atoms with Gasteiger partial charge in [-0.2, -0.15) is 0 Å². The smallest absolute Gasteiger partial charge is 0.332 e. The largest absolute Gasteiger partial charge is 0.457 e. The van der Waals surface area contributed by atoms with Crippen molar-refractivity contribution in [3.8, 4) is 0 Å². The first kappa shape index (κ1) is 12.3. The molecule has 0 radical (unpaired) electrons. The molecule has 6 nitrogen and oxygen atoms in total. The van der Waals surface area contributed by atoms with Gasteiger partial charge in [0.25, 0.3) is 5.56 Å². The molecule has 0 amide bonds. The number of ether oxygens (including phenoxy) is 2. The fourth-order valence-corrected chi connectivity index (χ4v) is 1.49. The van der Waals surface area contributed by atoms with Crippen molar-refractivity contribution < 1.29 is 14.3 Å². The summed E-state index contributed by atoms with van der Waals surface area (Å²) in [5.74, 6) is -0.493. The van der Waals surface area contributed by atoms with E-state index < -0.39 is 5.97 Å². The van der Waals surface area contributed by atoms with Crippen LogP contribution in [-0.4, -0.2) is 29.1 Å². The molecule has 6 heteroatoms. The zero-order valence-electron chi connectivity index (χ0n) is 9.83. The van der Waals surface area contributed by atoms with Crippen molar-refractivity contribution in [2.75, 3.05) is 13.7 Å². The second-order valence-corrected chi connectivity index (χ2v) is 3.61. The van der Waals surface area contributed by atoms with Crippen molar-refractivity contribution in [1.82, 2.24) is 9.38 Å². The summed E-state index contributed by atoms with van der Waals surface area (Å²) in [5.41, 5.74) is 0.719. The number of esters is 1. The normalized spacial score (nSPS) is 10.5. The number of aromatic nitrogens is 2. The number of rotatable bonds is 4. The summed E-state index contributed by atoms with van der Waals surface area (Å²) in [6, 6.07) is 6.58. The van der Waals surface area contributed by atoms with Gasteiger partial charge in [0, 0.05) is 19.4 Å². The van der Waals surface area contributed by atoms with Crippen molar-refractivity contribution in [3.63, 3.8) is 0 Å². The maximum atomic E-state index is 11.7. The van der Waals surface area contributed by atoms with Gasteiger partial charge in [0.15, 0.2) is 0 Å². The van der Waals surface area contributed by atoms with Gasteiger partial charge in [-0.3, -0.25) is 9.20 Å². The van der Waals surface area contributed by atoms with E-state index in [2.05, 4.69) is 9.72 Å². The number of hydrogen-bond acceptors (Lipinski definition) is 5. The van der Waals surface area contributed by atoms with Crippen LogP contribution in [-0.2, 0) is 20.9 Å². The molecule has 2 aromatic heterocycles. The third-order valence-corrected chi connectivity index (χ3v) is 2.27. The fourth-order valence-electron chi connectivity index (χ4n) is 1.49. The summed E-state index contributed by atoms with van der Waals surface area (Å²) < 4.78 is 10.9. The molecule has 18 heavy (non-hydrogen) atoms. The Labute approximate surface area is 103 Å². The van der Waals surface area contributed by atoms with Crippen LogP contribution in [0, 0.1) is 0 Å². The third-order valence-electron chi connectivity index (χ3n) is 2.27. The molecule has 0 atom stereocenters. The number of fused-ring (bicyclic) bond motifs is 1. The van der Waals surface area contributed by atoms with E-state index >= 15 is 0 Å². The first-order chi connectivity index (χ1) is 8.70. The SMILES string of the molecule is COCC(=O)OCc1cc(=O)n2ccccc2n1. The van der Waals surface area contributed by atoms with E-state index in [1.807, 2.05) is 0 Å². The van der Waals surface area contributed by atoms with E-state index in [4.69, 9.17) is 4.74 Å². The van der Waals surface area contributed by atoms with Crippen molar-refractivity contribution in [1.29, 1.82) is 0 Å². The molecule has 0 saturated carbocycles. The number of carbonyl (C=O) groups is 1. The van der Waals surface area contributed by atoms with Crippen LogP contribution in [0.3, 0.4) is 0 Å². The molecular formula is C12H12N2O4. The zero-order chi connectivity index (χ0) is 13.0. The van der Waals surface area contributed by atoms with Crippen molar-refractivity contribution >= 4 is 11.6 Å². The quantitative estimate of drug-likeness (QED) is 0.732. The van der Waals surface area contributed by atoms with Crippen molar-refractivity contribution in [2.24, 2.45) is 0 Å². The summed E-state index contributed by atoms with van der Waals surface area (Å²) in [7, 11) is 1.40. The van der Waals surface area contributed by atoms with Crippen LogP contribution >= 0.6 is 0 Å². The Morgan fingerprint density at radius 1 is 1.44 bits per heavy atom. The van der Waals surface area contributed by atoms with Gasteiger partial charge in [-0.1, -0.05) is 6.07 Å². The Kier molecular flexibility index (Phi) is 3.69. The number of nitrogens with zero attached hydrogens (tertiary/aromatic N) is 2. The summed E-state index contributed by atoms with van der Waals surface area (Å²) >= 11 is 0.